The third kappa shape index (κ3) is 1.59. The van der Waals surface area contributed by atoms with Gasteiger partial charge in [-0.25, -0.2) is 0 Å². The number of phenolic OH excluding ortho intramolecular Hbond substituents is 1. The Bertz CT molecular complexity index is 578. The monoisotopic (exact) mass is 213 g/mol. The molecule has 2 aromatic rings. The summed E-state index contributed by atoms with van der Waals surface area (Å²) >= 11 is 0. The van der Waals surface area contributed by atoms with Gasteiger partial charge in [0.05, 0.1) is 0 Å². The van der Waals surface area contributed by atoms with E-state index >= 15 is 0 Å². The number of anilines is 1. The number of aromatic amines is 1. The number of fused-ring (bicyclic) bond motifs is 1. The van der Waals surface area contributed by atoms with Gasteiger partial charge >= 0.3 is 0 Å². The van der Waals surface area contributed by atoms with Crippen LogP contribution >= 0.6 is 0 Å². The highest BCUT2D eigenvalue weighted by Crippen LogP contribution is 2.28. The van der Waals surface area contributed by atoms with E-state index < -0.39 is 0 Å². The van der Waals surface area contributed by atoms with E-state index in [9.17, 15) is 5.11 Å². The Kier molecular flexibility index (Phi) is 2.52. The fraction of sp³-hybridized carbons (Fsp3) is 0.0833. The summed E-state index contributed by atoms with van der Waals surface area (Å²) in [4.78, 5) is 3.08. The lowest BCUT2D eigenvalue weighted by Gasteiger charge is -1.98. The average molecular weight is 213 g/mol. The standard InChI is InChI=1S/C12H11N3O/c1-2-5-14-12-10(7-13)9-6-8(16)3-4-11(9)15-12/h2-4,6,14-16H,1,5H2. The highest BCUT2D eigenvalue weighted by atomic mass is 16.3. The first-order valence-electron chi connectivity index (χ1n) is 4.86. The third-order valence-electron chi connectivity index (χ3n) is 2.32. The fourth-order valence-electron chi connectivity index (χ4n) is 1.60. The topological polar surface area (TPSA) is 71.8 Å². The van der Waals surface area contributed by atoms with Crippen molar-refractivity contribution in [2.75, 3.05) is 11.9 Å². The van der Waals surface area contributed by atoms with Gasteiger partial charge in [0.15, 0.2) is 0 Å². The molecule has 0 aliphatic heterocycles. The summed E-state index contributed by atoms with van der Waals surface area (Å²) in [5.41, 5.74) is 1.33. The number of H-pyrrole nitrogens is 1. The van der Waals surface area contributed by atoms with Crippen molar-refractivity contribution in [2.24, 2.45) is 0 Å². The van der Waals surface area contributed by atoms with Gasteiger partial charge in [0.2, 0.25) is 0 Å². The van der Waals surface area contributed by atoms with Gasteiger partial charge in [-0.1, -0.05) is 6.08 Å². The molecule has 0 unspecified atom stereocenters. The van der Waals surface area contributed by atoms with Crippen molar-refractivity contribution in [2.45, 2.75) is 0 Å². The van der Waals surface area contributed by atoms with Crippen molar-refractivity contribution < 1.29 is 5.11 Å². The minimum atomic E-state index is 0.151. The predicted octanol–water partition coefficient (Wildman–Crippen LogP) is 2.34. The van der Waals surface area contributed by atoms with Gasteiger partial charge in [0, 0.05) is 17.4 Å². The number of hydrogen-bond donors (Lipinski definition) is 3. The molecule has 0 spiro atoms. The number of rotatable bonds is 3. The lowest BCUT2D eigenvalue weighted by molar-refractivity contribution is 0.476. The molecule has 0 saturated heterocycles. The summed E-state index contributed by atoms with van der Waals surface area (Å²) in [5.74, 6) is 0.807. The molecule has 0 atom stereocenters. The third-order valence-corrected chi connectivity index (χ3v) is 2.32. The first-order valence-corrected chi connectivity index (χ1v) is 4.86. The second kappa shape index (κ2) is 3.99. The van der Waals surface area contributed by atoms with E-state index in [-0.39, 0.29) is 5.75 Å². The zero-order valence-corrected chi connectivity index (χ0v) is 8.62. The van der Waals surface area contributed by atoms with Crippen LogP contribution in [-0.2, 0) is 0 Å². The van der Waals surface area contributed by atoms with Crippen LogP contribution in [0.4, 0.5) is 5.82 Å². The summed E-state index contributed by atoms with van der Waals surface area (Å²) in [6, 6.07) is 7.01. The van der Waals surface area contributed by atoms with Crippen LogP contribution in [0.2, 0.25) is 0 Å². The van der Waals surface area contributed by atoms with Crippen LogP contribution < -0.4 is 5.32 Å². The summed E-state index contributed by atoms with van der Waals surface area (Å²) in [5, 5.41) is 22.2. The van der Waals surface area contributed by atoms with Crippen LogP contribution in [0.15, 0.2) is 30.9 Å². The van der Waals surface area contributed by atoms with Crippen LogP contribution in [0.3, 0.4) is 0 Å². The van der Waals surface area contributed by atoms with Crippen LogP contribution in [0.1, 0.15) is 5.56 Å². The highest BCUT2D eigenvalue weighted by Gasteiger charge is 2.10. The van der Waals surface area contributed by atoms with Gasteiger partial charge in [-0.3, -0.25) is 0 Å². The average Bonchev–Trinajstić information content (AvgIpc) is 2.63. The van der Waals surface area contributed by atoms with Crippen molar-refractivity contribution in [1.82, 2.24) is 4.98 Å². The molecule has 0 aliphatic rings. The van der Waals surface area contributed by atoms with E-state index in [0.717, 1.165) is 5.52 Å². The molecule has 0 radical (unpaired) electrons. The number of nitriles is 1. The molecule has 2 rings (SSSR count). The summed E-state index contributed by atoms with van der Waals surface area (Å²) in [7, 11) is 0. The Hall–Kier alpha value is -2.41. The molecule has 80 valence electrons. The van der Waals surface area contributed by atoms with Gasteiger partial charge < -0.3 is 15.4 Å². The molecule has 0 amide bonds. The number of phenols is 1. The second-order valence-corrected chi connectivity index (χ2v) is 3.39. The molecule has 16 heavy (non-hydrogen) atoms. The van der Waals surface area contributed by atoms with Gasteiger partial charge in [0.1, 0.15) is 23.2 Å². The van der Waals surface area contributed by atoms with Gasteiger partial charge in [-0.05, 0) is 18.2 Å². The zero-order valence-electron chi connectivity index (χ0n) is 8.62. The maximum absolute atomic E-state index is 9.38. The maximum atomic E-state index is 9.38. The molecule has 1 aromatic carbocycles. The molecule has 0 fully saturated rings. The molecule has 0 bridgehead atoms. The largest absolute Gasteiger partial charge is 0.508 e. The predicted molar refractivity (Wildman–Crippen MR) is 63.4 cm³/mol. The maximum Gasteiger partial charge on any atom is 0.122 e. The van der Waals surface area contributed by atoms with Crippen LogP contribution in [0, 0.1) is 11.3 Å². The lowest BCUT2D eigenvalue weighted by atomic mass is 10.2. The molecule has 3 N–H and O–H groups in total. The Labute approximate surface area is 92.8 Å². The Morgan fingerprint density at radius 1 is 1.56 bits per heavy atom. The van der Waals surface area contributed by atoms with Crippen molar-refractivity contribution in [3.05, 3.63) is 36.4 Å². The highest BCUT2D eigenvalue weighted by molar-refractivity contribution is 5.92. The summed E-state index contributed by atoms with van der Waals surface area (Å²) in [6.07, 6.45) is 1.71. The van der Waals surface area contributed by atoms with Gasteiger partial charge in [0.25, 0.3) is 0 Å². The molecule has 4 nitrogen and oxygen atoms in total. The van der Waals surface area contributed by atoms with E-state index in [4.69, 9.17) is 5.26 Å². The van der Waals surface area contributed by atoms with Crippen LogP contribution in [-0.4, -0.2) is 16.6 Å². The number of hydrogen-bond acceptors (Lipinski definition) is 3. The van der Waals surface area contributed by atoms with E-state index in [1.165, 1.54) is 0 Å². The fourth-order valence-corrected chi connectivity index (χ4v) is 1.60. The van der Waals surface area contributed by atoms with Crippen LogP contribution in [0.25, 0.3) is 10.9 Å². The number of nitrogens with zero attached hydrogens (tertiary/aromatic N) is 1. The lowest BCUT2D eigenvalue weighted by Crippen LogP contribution is -1.99. The smallest absolute Gasteiger partial charge is 0.122 e. The molecule has 0 aliphatic carbocycles. The number of aromatic hydroxyl groups is 1. The first kappa shape index (κ1) is 10.1. The Morgan fingerprint density at radius 3 is 3.06 bits per heavy atom. The Balaban J connectivity index is 2.58. The van der Waals surface area contributed by atoms with Gasteiger partial charge in [-0.2, -0.15) is 5.26 Å². The van der Waals surface area contributed by atoms with Crippen molar-refractivity contribution >= 4 is 16.7 Å². The van der Waals surface area contributed by atoms with Crippen molar-refractivity contribution in [1.29, 1.82) is 5.26 Å². The number of benzene rings is 1. The molecular weight excluding hydrogens is 202 g/mol. The molecule has 1 aromatic heterocycles. The van der Waals surface area contributed by atoms with E-state index in [0.29, 0.717) is 23.3 Å². The molecule has 1 heterocycles. The van der Waals surface area contributed by atoms with Crippen LogP contribution in [0.5, 0.6) is 5.75 Å². The normalized spacial score (nSPS) is 9.94. The Morgan fingerprint density at radius 2 is 2.38 bits per heavy atom. The number of aromatic nitrogens is 1. The SMILES string of the molecule is C=CCNc1[nH]c2ccc(O)cc2c1C#N. The minimum absolute atomic E-state index is 0.151. The van der Waals surface area contributed by atoms with E-state index in [2.05, 4.69) is 22.9 Å². The summed E-state index contributed by atoms with van der Waals surface area (Å²) in [6.45, 7) is 4.18. The van der Waals surface area contributed by atoms with E-state index in [1.807, 2.05) is 0 Å². The van der Waals surface area contributed by atoms with Crippen molar-refractivity contribution in [3.8, 4) is 11.8 Å². The minimum Gasteiger partial charge on any atom is -0.508 e. The summed E-state index contributed by atoms with van der Waals surface area (Å²) < 4.78 is 0. The zero-order chi connectivity index (χ0) is 11.5. The second-order valence-electron chi connectivity index (χ2n) is 3.39. The van der Waals surface area contributed by atoms with Crippen molar-refractivity contribution in [3.63, 3.8) is 0 Å². The number of nitrogens with one attached hydrogen (secondary N) is 2. The molecular formula is C12H11N3O. The molecule has 0 saturated carbocycles. The quantitative estimate of drug-likeness (QED) is 0.685. The van der Waals surface area contributed by atoms with Gasteiger partial charge in [-0.15, -0.1) is 6.58 Å². The first-order chi connectivity index (χ1) is 7.76. The molecule has 4 heteroatoms. The van der Waals surface area contributed by atoms with E-state index in [1.54, 1.807) is 24.3 Å².